The van der Waals surface area contributed by atoms with Gasteiger partial charge in [-0.25, -0.2) is 4.39 Å². The standard InChI is InChI=1S/C10H12FN/c1-7-10-4-3-9(11)5-8(10)6-12(7)2/h3-5,7H,6H2,1-2H3. The van der Waals surface area contributed by atoms with E-state index in [1.165, 1.54) is 11.6 Å². The molecule has 0 radical (unpaired) electrons. The molecule has 0 aromatic heterocycles. The summed E-state index contributed by atoms with van der Waals surface area (Å²) in [7, 11) is 2.06. The monoisotopic (exact) mass is 165 g/mol. The third-order valence-electron chi connectivity index (χ3n) is 2.64. The summed E-state index contributed by atoms with van der Waals surface area (Å²) in [5.41, 5.74) is 2.39. The zero-order chi connectivity index (χ0) is 8.72. The molecule has 1 heterocycles. The summed E-state index contributed by atoms with van der Waals surface area (Å²) >= 11 is 0. The second-order valence-electron chi connectivity index (χ2n) is 3.43. The maximum atomic E-state index is 12.8. The highest BCUT2D eigenvalue weighted by molar-refractivity contribution is 5.33. The van der Waals surface area contributed by atoms with Gasteiger partial charge in [0.15, 0.2) is 0 Å². The number of hydrogen-bond acceptors (Lipinski definition) is 1. The van der Waals surface area contributed by atoms with E-state index in [1.54, 1.807) is 6.07 Å². The number of nitrogens with zero attached hydrogens (tertiary/aromatic N) is 1. The molecule has 0 saturated carbocycles. The van der Waals surface area contributed by atoms with E-state index in [0.717, 1.165) is 12.1 Å². The fourth-order valence-corrected chi connectivity index (χ4v) is 1.76. The lowest BCUT2D eigenvalue weighted by Gasteiger charge is -2.13. The maximum Gasteiger partial charge on any atom is 0.123 e. The van der Waals surface area contributed by atoms with Crippen molar-refractivity contribution < 1.29 is 4.39 Å². The van der Waals surface area contributed by atoms with Crippen molar-refractivity contribution in [3.63, 3.8) is 0 Å². The van der Waals surface area contributed by atoms with Crippen LogP contribution in [0, 0.1) is 5.82 Å². The molecule has 0 saturated heterocycles. The number of benzene rings is 1. The van der Waals surface area contributed by atoms with Gasteiger partial charge in [0.25, 0.3) is 0 Å². The van der Waals surface area contributed by atoms with Gasteiger partial charge in [-0.15, -0.1) is 0 Å². The highest BCUT2D eigenvalue weighted by Crippen LogP contribution is 2.31. The number of fused-ring (bicyclic) bond motifs is 1. The maximum absolute atomic E-state index is 12.8. The van der Waals surface area contributed by atoms with E-state index in [2.05, 4.69) is 18.9 Å². The third kappa shape index (κ3) is 1.03. The molecule has 0 N–H and O–H groups in total. The molecule has 1 atom stereocenters. The van der Waals surface area contributed by atoms with E-state index < -0.39 is 0 Å². The zero-order valence-corrected chi connectivity index (χ0v) is 7.34. The number of halogens is 1. The minimum absolute atomic E-state index is 0.128. The molecule has 1 aliphatic rings. The van der Waals surface area contributed by atoms with Crippen LogP contribution in [0.4, 0.5) is 4.39 Å². The topological polar surface area (TPSA) is 3.24 Å². The molecule has 0 fully saturated rings. The summed E-state index contributed by atoms with van der Waals surface area (Å²) < 4.78 is 12.8. The lowest BCUT2D eigenvalue weighted by molar-refractivity contribution is 0.286. The van der Waals surface area contributed by atoms with Crippen LogP contribution in [0.2, 0.25) is 0 Å². The van der Waals surface area contributed by atoms with Crippen LogP contribution in [0.25, 0.3) is 0 Å². The first-order chi connectivity index (χ1) is 5.68. The lowest BCUT2D eigenvalue weighted by atomic mass is 10.1. The molecule has 1 unspecified atom stereocenters. The van der Waals surface area contributed by atoms with Crippen molar-refractivity contribution in [1.82, 2.24) is 4.90 Å². The Bertz CT molecular complexity index is 309. The van der Waals surface area contributed by atoms with Crippen LogP contribution >= 0.6 is 0 Å². The second kappa shape index (κ2) is 2.56. The highest BCUT2D eigenvalue weighted by atomic mass is 19.1. The van der Waals surface area contributed by atoms with Gasteiger partial charge in [0.1, 0.15) is 5.82 Å². The van der Waals surface area contributed by atoms with Crippen LogP contribution < -0.4 is 0 Å². The summed E-state index contributed by atoms with van der Waals surface area (Å²) in [6, 6.07) is 5.49. The molecular formula is C10H12FN. The predicted octanol–water partition coefficient (Wildman–Crippen LogP) is 2.33. The van der Waals surface area contributed by atoms with Gasteiger partial charge in [-0.1, -0.05) is 6.07 Å². The van der Waals surface area contributed by atoms with Crippen LogP contribution in [0.3, 0.4) is 0 Å². The summed E-state index contributed by atoms with van der Waals surface area (Å²) in [5.74, 6) is -0.128. The molecule has 1 aromatic rings. The molecule has 12 heavy (non-hydrogen) atoms. The third-order valence-corrected chi connectivity index (χ3v) is 2.64. The zero-order valence-electron chi connectivity index (χ0n) is 7.34. The average molecular weight is 165 g/mol. The molecule has 0 spiro atoms. The van der Waals surface area contributed by atoms with E-state index in [9.17, 15) is 4.39 Å². The van der Waals surface area contributed by atoms with E-state index >= 15 is 0 Å². The molecular weight excluding hydrogens is 153 g/mol. The van der Waals surface area contributed by atoms with Crippen molar-refractivity contribution in [2.45, 2.75) is 19.5 Å². The molecule has 1 aromatic carbocycles. The molecule has 0 bridgehead atoms. The van der Waals surface area contributed by atoms with Crippen LogP contribution in [-0.4, -0.2) is 11.9 Å². The fraction of sp³-hybridized carbons (Fsp3) is 0.400. The molecule has 1 nitrogen and oxygen atoms in total. The van der Waals surface area contributed by atoms with E-state index in [-0.39, 0.29) is 5.82 Å². The lowest BCUT2D eigenvalue weighted by Crippen LogP contribution is -2.12. The van der Waals surface area contributed by atoms with Crippen LogP contribution in [-0.2, 0) is 6.54 Å². The molecule has 0 amide bonds. The van der Waals surface area contributed by atoms with E-state index in [0.29, 0.717) is 6.04 Å². The van der Waals surface area contributed by atoms with Crippen LogP contribution in [0.5, 0.6) is 0 Å². The minimum Gasteiger partial charge on any atom is -0.295 e. The molecule has 64 valence electrons. The Kier molecular flexibility index (Phi) is 1.65. The Morgan fingerprint density at radius 1 is 1.50 bits per heavy atom. The Balaban J connectivity index is 2.47. The van der Waals surface area contributed by atoms with Gasteiger partial charge in [0, 0.05) is 12.6 Å². The van der Waals surface area contributed by atoms with Crippen molar-refractivity contribution in [1.29, 1.82) is 0 Å². The Morgan fingerprint density at radius 3 is 3.00 bits per heavy atom. The minimum atomic E-state index is -0.128. The average Bonchev–Trinajstić information content (AvgIpc) is 2.28. The SMILES string of the molecule is CC1c2ccc(F)cc2CN1C. The fourth-order valence-electron chi connectivity index (χ4n) is 1.76. The van der Waals surface area contributed by atoms with Crippen molar-refractivity contribution in [2.75, 3.05) is 7.05 Å². The van der Waals surface area contributed by atoms with Gasteiger partial charge in [-0.3, -0.25) is 4.90 Å². The van der Waals surface area contributed by atoms with E-state index in [1.807, 2.05) is 6.07 Å². The summed E-state index contributed by atoms with van der Waals surface area (Å²) in [4.78, 5) is 2.21. The van der Waals surface area contributed by atoms with E-state index in [4.69, 9.17) is 0 Å². The Morgan fingerprint density at radius 2 is 2.25 bits per heavy atom. The largest absolute Gasteiger partial charge is 0.295 e. The normalized spacial score (nSPS) is 22.8. The van der Waals surface area contributed by atoms with Gasteiger partial charge in [0.2, 0.25) is 0 Å². The molecule has 2 heteroatoms. The van der Waals surface area contributed by atoms with Gasteiger partial charge >= 0.3 is 0 Å². The predicted molar refractivity (Wildman–Crippen MR) is 46.3 cm³/mol. The second-order valence-corrected chi connectivity index (χ2v) is 3.43. The van der Waals surface area contributed by atoms with Crippen molar-refractivity contribution in [2.24, 2.45) is 0 Å². The van der Waals surface area contributed by atoms with Crippen molar-refractivity contribution in [3.8, 4) is 0 Å². The molecule has 2 rings (SSSR count). The summed E-state index contributed by atoms with van der Waals surface area (Å²) in [5, 5.41) is 0. The van der Waals surface area contributed by atoms with Gasteiger partial charge in [-0.05, 0) is 37.2 Å². The molecule has 1 aliphatic heterocycles. The number of hydrogen-bond donors (Lipinski definition) is 0. The highest BCUT2D eigenvalue weighted by Gasteiger charge is 2.23. The number of rotatable bonds is 0. The summed E-state index contributed by atoms with van der Waals surface area (Å²) in [6.07, 6.45) is 0. The first-order valence-electron chi connectivity index (χ1n) is 4.17. The smallest absolute Gasteiger partial charge is 0.123 e. The van der Waals surface area contributed by atoms with Crippen molar-refractivity contribution in [3.05, 3.63) is 35.1 Å². The Labute approximate surface area is 71.8 Å². The van der Waals surface area contributed by atoms with Gasteiger partial charge < -0.3 is 0 Å². The summed E-state index contributed by atoms with van der Waals surface area (Å²) in [6.45, 7) is 3.01. The van der Waals surface area contributed by atoms with Crippen LogP contribution in [0.15, 0.2) is 18.2 Å². The first kappa shape index (κ1) is 7.74. The quantitative estimate of drug-likeness (QED) is 0.570. The van der Waals surface area contributed by atoms with Gasteiger partial charge in [0.05, 0.1) is 0 Å². The molecule has 0 aliphatic carbocycles. The van der Waals surface area contributed by atoms with Gasteiger partial charge in [-0.2, -0.15) is 0 Å². The van der Waals surface area contributed by atoms with Crippen molar-refractivity contribution >= 4 is 0 Å². The Hall–Kier alpha value is -0.890. The first-order valence-corrected chi connectivity index (χ1v) is 4.17. The van der Waals surface area contributed by atoms with Crippen LogP contribution in [0.1, 0.15) is 24.1 Å².